The molecule has 140 valence electrons. The number of amides is 2. The fraction of sp³-hybridized carbons (Fsp3) is 0.667. The van der Waals surface area contributed by atoms with E-state index in [0.29, 0.717) is 5.25 Å². The van der Waals surface area contributed by atoms with Crippen molar-refractivity contribution in [3.8, 4) is 0 Å². The number of carbonyl (C=O) groups excluding carboxylic acids is 2. The monoisotopic (exact) mass is 373 g/mol. The molecule has 5 unspecified atom stereocenters. The summed E-state index contributed by atoms with van der Waals surface area (Å²) >= 11 is 1.72. The summed E-state index contributed by atoms with van der Waals surface area (Å²) in [5, 5.41) is 27.1. The summed E-state index contributed by atoms with van der Waals surface area (Å²) in [6, 6.07) is -0.162. The number of rotatable bonds is 4. The average molecular weight is 373 g/mol. The molecular formula is C15H23N3O6S. The number of nitrogens with one attached hydrogen (secondary N) is 1. The van der Waals surface area contributed by atoms with Crippen LogP contribution in [0.1, 0.15) is 20.3 Å². The first-order valence-electron chi connectivity index (χ1n) is 7.96. The summed E-state index contributed by atoms with van der Waals surface area (Å²) < 4.78 is 0. The predicted octanol–water partition coefficient (Wildman–Crippen LogP) is -0.143. The highest BCUT2D eigenvalue weighted by Crippen LogP contribution is 2.48. The molecule has 6 atom stereocenters. The molecule has 3 rings (SSSR count). The highest BCUT2D eigenvalue weighted by atomic mass is 32.2. The molecule has 0 aromatic heterocycles. The van der Waals surface area contributed by atoms with Crippen molar-refractivity contribution in [3.63, 3.8) is 0 Å². The van der Waals surface area contributed by atoms with Crippen LogP contribution in [0.15, 0.2) is 11.1 Å². The van der Waals surface area contributed by atoms with Gasteiger partial charge in [0, 0.05) is 28.8 Å². The second-order valence-corrected chi connectivity index (χ2v) is 7.82. The molecular weight excluding hydrogens is 350 g/mol. The lowest BCUT2D eigenvalue weighted by Crippen LogP contribution is -2.61. The summed E-state index contributed by atoms with van der Waals surface area (Å²) in [7, 11) is 0. The van der Waals surface area contributed by atoms with E-state index < -0.39 is 12.3 Å². The number of carboxylic acid groups (broad SMARTS) is 2. The van der Waals surface area contributed by atoms with Crippen LogP contribution in [0, 0.1) is 11.8 Å². The Balaban J connectivity index is 0.000000511. The zero-order valence-corrected chi connectivity index (χ0v) is 14.8. The van der Waals surface area contributed by atoms with Crippen molar-refractivity contribution < 1.29 is 29.7 Å². The van der Waals surface area contributed by atoms with Crippen molar-refractivity contribution >= 4 is 29.7 Å². The molecule has 3 aliphatic heterocycles. The number of carbonyl (C=O) groups is 3. The van der Waals surface area contributed by atoms with Crippen LogP contribution < -0.4 is 11.1 Å². The third-order valence-electron chi connectivity index (χ3n) is 4.71. The van der Waals surface area contributed by atoms with Crippen molar-refractivity contribution in [1.29, 1.82) is 0 Å². The van der Waals surface area contributed by atoms with Gasteiger partial charge in [0.05, 0.1) is 24.1 Å². The highest BCUT2D eigenvalue weighted by molar-refractivity contribution is 8.03. The predicted molar refractivity (Wildman–Crippen MR) is 90.7 cm³/mol. The molecule has 0 aromatic rings. The van der Waals surface area contributed by atoms with Gasteiger partial charge in [-0.2, -0.15) is 0 Å². The number of thioether (sulfide) groups is 1. The fourth-order valence-electron chi connectivity index (χ4n) is 3.51. The summed E-state index contributed by atoms with van der Waals surface area (Å²) in [5.74, 6) is -0.342. The number of hydrogen-bond acceptors (Lipinski definition) is 6. The second kappa shape index (κ2) is 7.63. The van der Waals surface area contributed by atoms with Gasteiger partial charge >= 0.3 is 6.16 Å². The lowest BCUT2D eigenvalue weighted by atomic mass is 9.79. The van der Waals surface area contributed by atoms with Crippen molar-refractivity contribution in [3.05, 3.63) is 11.1 Å². The van der Waals surface area contributed by atoms with Crippen molar-refractivity contribution in [2.75, 3.05) is 6.54 Å². The van der Waals surface area contributed by atoms with Gasteiger partial charge in [0.2, 0.25) is 11.8 Å². The smallest absolute Gasteiger partial charge is 0.450 e. The van der Waals surface area contributed by atoms with Crippen LogP contribution in [-0.4, -0.2) is 68.2 Å². The Labute approximate surface area is 149 Å². The molecule has 3 aliphatic rings. The van der Waals surface area contributed by atoms with Gasteiger partial charge in [-0.1, -0.05) is 6.92 Å². The number of hydrogen-bond donors (Lipinski definition) is 5. The topological polar surface area (TPSA) is 153 Å². The molecule has 0 radical (unpaired) electrons. The Morgan fingerprint density at radius 1 is 1.44 bits per heavy atom. The molecule has 0 spiro atoms. The number of aliphatic hydroxyl groups is 1. The summed E-state index contributed by atoms with van der Waals surface area (Å²) in [6.07, 6.45) is 0.202. The largest absolute Gasteiger partial charge is 0.503 e. The van der Waals surface area contributed by atoms with E-state index in [2.05, 4.69) is 12.2 Å². The molecule has 3 heterocycles. The van der Waals surface area contributed by atoms with E-state index in [1.54, 1.807) is 23.6 Å². The molecule has 25 heavy (non-hydrogen) atoms. The molecule has 9 nitrogen and oxygen atoms in total. The van der Waals surface area contributed by atoms with Crippen molar-refractivity contribution in [1.82, 2.24) is 10.2 Å². The van der Waals surface area contributed by atoms with Gasteiger partial charge in [-0.3, -0.25) is 9.59 Å². The van der Waals surface area contributed by atoms with Crippen molar-refractivity contribution in [2.24, 2.45) is 17.6 Å². The second-order valence-electron chi connectivity index (χ2n) is 6.44. The Morgan fingerprint density at radius 2 is 2.04 bits per heavy atom. The minimum absolute atomic E-state index is 0.0111. The van der Waals surface area contributed by atoms with Gasteiger partial charge in [0.15, 0.2) is 0 Å². The summed E-state index contributed by atoms with van der Waals surface area (Å²) in [4.78, 5) is 34.6. The lowest BCUT2D eigenvalue weighted by Gasteiger charge is -2.45. The van der Waals surface area contributed by atoms with E-state index in [1.807, 2.05) is 6.20 Å². The van der Waals surface area contributed by atoms with Crippen molar-refractivity contribution in [2.45, 2.75) is 43.7 Å². The highest BCUT2D eigenvalue weighted by Gasteiger charge is 2.55. The van der Waals surface area contributed by atoms with E-state index in [1.165, 1.54) is 0 Å². The maximum atomic E-state index is 12.0. The van der Waals surface area contributed by atoms with E-state index in [9.17, 15) is 14.7 Å². The summed E-state index contributed by atoms with van der Waals surface area (Å²) in [6.45, 7) is 4.52. The molecule has 2 amide bonds. The number of aliphatic hydroxyl groups excluding tert-OH is 1. The number of nitrogens with zero attached hydrogens (tertiary/aromatic N) is 1. The van der Waals surface area contributed by atoms with Crippen LogP contribution in [0.2, 0.25) is 0 Å². The maximum absolute atomic E-state index is 12.0. The third kappa shape index (κ3) is 4.07. The molecule has 0 saturated carbocycles. The first-order chi connectivity index (χ1) is 11.6. The van der Waals surface area contributed by atoms with Crippen LogP contribution in [0.4, 0.5) is 4.79 Å². The standard InChI is InChI=1S/C14H21N3O3S.CH2O3/c1-6-10(21-8-3-9(13(15)19)16-4-8)5-17-12(6)11(7(2)18)14(17)20;2-1(3)4/h5-9,11-12,16,18H,3-4H2,1-2H3,(H2,15,19);(H2,2,3,4)/t6?,7?,8?,9?,11?,12-;/m1./s1. The van der Waals surface area contributed by atoms with E-state index in [4.69, 9.17) is 20.7 Å². The van der Waals surface area contributed by atoms with Crippen LogP contribution in [-0.2, 0) is 9.59 Å². The van der Waals surface area contributed by atoms with Crippen LogP contribution >= 0.6 is 11.8 Å². The van der Waals surface area contributed by atoms with E-state index in [-0.39, 0.29) is 35.7 Å². The van der Waals surface area contributed by atoms with Crippen LogP contribution in [0.25, 0.3) is 0 Å². The molecule has 6 N–H and O–H groups in total. The summed E-state index contributed by atoms with van der Waals surface area (Å²) in [5.41, 5.74) is 5.31. The minimum atomic E-state index is -1.83. The number of nitrogens with two attached hydrogens (primary N) is 1. The SMILES string of the molecule is CC(O)C1C(=O)N2C=C(SC3CNC(C(N)=O)C3)C(C)[C@H]12.O=C(O)O. The van der Waals surface area contributed by atoms with Gasteiger partial charge in [0.1, 0.15) is 0 Å². The van der Waals surface area contributed by atoms with Gasteiger partial charge < -0.3 is 31.3 Å². The minimum Gasteiger partial charge on any atom is -0.450 e. The Bertz CT molecular complexity index is 592. The molecule has 2 saturated heterocycles. The van der Waals surface area contributed by atoms with Gasteiger partial charge in [-0.05, 0) is 13.3 Å². The molecule has 10 heteroatoms. The normalized spacial score (nSPS) is 34.4. The van der Waals surface area contributed by atoms with Crippen LogP contribution in [0.5, 0.6) is 0 Å². The quantitative estimate of drug-likeness (QED) is 0.427. The molecule has 0 bridgehead atoms. The van der Waals surface area contributed by atoms with Gasteiger partial charge in [0.25, 0.3) is 0 Å². The van der Waals surface area contributed by atoms with E-state index >= 15 is 0 Å². The first-order valence-corrected chi connectivity index (χ1v) is 8.84. The number of primary amides is 1. The Hall–Kier alpha value is -1.78. The lowest BCUT2D eigenvalue weighted by molar-refractivity contribution is -0.158. The molecule has 2 fully saturated rings. The number of fused-ring (bicyclic) bond motifs is 1. The van der Waals surface area contributed by atoms with E-state index in [0.717, 1.165) is 17.9 Å². The van der Waals surface area contributed by atoms with Gasteiger partial charge in [-0.15, -0.1) is 11.8 Å². The first kappa shape index (κ1) is 19.5. The molecule has 0 aliphatic carbocycles. The molecule has 0 aromatic carbocycles. The van der Waals surface area contributed by atoms with Crippen LogP contribution in [0.3, 0.4) is 0 Å². The Kier molecular flexibility index (Phi) is 5.96. The Morgan fingerprint density at radius 3 is 2.52 bits per heavy atom. The third-order valence-corrected chi connectivity index (χ3v) is 6.15. The van der Waals surface area contributed by atoms with Gasteiger partial charge in [-0.25, -0.2) is 4.79 Å². The maximum Gasteiger partial charge on any atom is 0.503 e. The zero-order chi connectivity index (χ0) is 18.9. The zero-order valence-electron chi connectivity index (χ0n) is 14.0. The average Bonchev–Trinajstić information content (AvgIpc) is 3.04. The fourth-order valence-corrected chi connectivity index (χ4v) is 4.89. The number of β-lactam (4-membered cyclic amide) rings is 1.